The molecule has 0 saturated carbocycles. The van der Waals surface area contributed by atoms with E-state index >= 15 is 0 Å². The van der Waals surface area contributed by atoms with Gasteiger partial charge in [0, 0.05) is 19.3 Å². The van der Waals surface area contributed by atoms with Crippen LogP contribution in [0.3, 0.4) is 0 Å². The van der Waals surface area contributed by atoms with Gasteiger partial charge in [0.15, 0.2) is 0 Å². The van der Waals surface area contributed by atoms with E-state index < -0.39 is 87.0 Å². The minimum absolute atomic E-state index is 0.188. The number of unbranched alkanes of at least 4 members (excludes halogenated alkanes) is 13. The maximum absolute atomic E-state index is 10.1. The highest BCUT2D eigenvalue weighted by Crippen LogP contribution is 2.23. The predicted molar refractivity (Wildman–Crippen MR) is 213 cm³/mol. The van der Waals surface area contributed by atoms with Gasteiger partial charge in [-0.15, -0.1) is 0 Å². The van der Waals surface area contributed by atoms with Gasteiger partial charge in [0.05, 0.1) is 95.5 Å². The van der Waals surface area contributed by atoms with Crippen molar-refractivity contribution in [1.29, 1.82) is 0 Å². The molecule has 338 valence electrons. The van der Waals surface area contributed by atoms with Gasteiger partial charge < -0.3 is 65.6 Å². The quantitative estimate of drug-likeness (QED) is 0.0407. The third-order valence-corrected chi connectivity index (χ3v) is 9.05. The molecule has 0 atom stereocenters. The molecule has 0 aliphatic heterocycles. The largest absolute Gasteiger partial charge is 0.481 e. The first kappa shape index (κ1) is 60.7. The Morgan fingerprint density at radius 2 is 0.536 bits per heavy atom. The van der Waals surface area contributed by atoms with E-state index in [0.29, 0.717) is 19.3 Å². The van der Waals surface area contributed by atoms with Crippen LogP contribution in [0.25, 0.3) is 0 Å². The van der Waals surface area contributed by atoms with E-state index in [1.165, 1.54) is 57.8 Å². The Bertz CT molecular complexity index is 817. The molecular formula is C40H82O16. The van der Waals surface area contributed by atoms with Crippen LogP contribution in [0.15, 0.2) is 0 Å². The number of hydrogen-bond donors (Lipinski definition) is 11. The number of aliphatic hydroxyl groups is 8. The highest BCUT2D eigenvalue weighted by molar-refractivity contribution is 5.67. The van der Waals surface area contributed by atoms with E-state index in [0.717, 1.165) is 44.9 Å². The molecule has 0 radical (unpaired) electrons. The van der Waals surface area contributed by atoms with Crippen LogP contribution in [0, 0.1) is 16.2 Å². The fourth-order valence-corrected chi connectivity index (χ4v) is 4.63. The number of hydrogen-bond acceptors (Lipinski definition) is 13. The van der Waals surface area contributed by atoms with Crippen molar-refractivity contribution in [1.82, 2.24) is 0 Å². The normalized spacial score (nSPS) is 11.4. The molecule has 0 amide bonds. The first-order valence-electron chi connectivity index (χ1n) is 20.4. The third-order valence-electron chi connectivity index (χ3n) is 9.05. The maximum atomic E-state index is 10.1. The summed E-state index contributed by atoms with van der Waals surface area (Å²) in [6.07, 6.45) is 19.1. The molecule has 0 rings (SSSR count). The number of aliphatic carboxylic acids is 3. The number of rotatable bonds is 35. The Kier molecular flexibility index (Phi) is 46.2. The van der Waals surface area contributed by atoms with Crippen LogP contribution in [-0.4, -0.2) is 153 Å². The van der Waals surface area contributed by atoms with E-state index in [-0.39, 0.29) is 26.4 Å². The lowest BCUT2D eigenvalue weighted by molar-refractivity contribution is -0.138. The van der Waals surface area contributed by atoms with E-state index in [4.69, 9.17) is 24.8 Å². The summed E-state index contributed by atoms with van der Waals surface area (Å²) in [6.45, 7) is 1.64. The van der Waals surface area contributed by atoms with Gasteiger partial charge in [0.1, 0.15) is 0 Å². The van der Waals surface area contributed by atoms with Crippen molar-refractivity contribution < 1.29 is 80.0 Å². The topological polar surface area (TPSA) is 292 Å². The molecule has 0 aromatic carbocycles. The molecule has 16 nitrogen and oxygen atoms in total. The average Bonchev–Trinajstić information content (AvgIpc) is 3.19. The zero-order valence-electron chi connectivity index (χ0n) is 34.9. The average molecular weight is 819 g/mol. The molecule has 11 N–H and O–H groups in total. The van der Waals surface area contributed by atoms with Crippen molar-refractivity contribution in [3.05, 3.63) is 0 Å². The minimum atomic E-state index is -1.24. The van der Waals surface area contributed by atoms with E-state index in [1.807, 2.05) is 0 Å². The number of carbonyl (C=O) groups is 3. The van der Waals surface area contributed by atoms with Crippen LogP contribution in [-0.2, 0) is 23.9 Å². The van der Waals surface area contributed by atoms with Gasteiger partial charge >= 0.3 is 17.9 Å². The molecule has 0 aromatic heterocycles. The maximum Gasteiger partial charge on any atom is 0.303 e. The van der Waals surface area contributed by atoms with Gasteiger partial charge in [0.25, 0.3) is 0 Å². The molecular weight excluding hydrogens is 736 g/mol. The van der Waals surface area contributed by atoms with Crippen LogP contribution in [0.5, 0.6) is 0 Å². The number of ether oxygens (including phenoxy) is 2. The third kappa shape index (κ3) is 37.6. The fraction of sp³-hybridized carbons (Fsp3) is 0.925. The lowest BCUT2D eigenvalue weighted by atomic mass is 9.90. The number of aliphatic hydroxyl groups excluding tert-OH is 8. The minimum Gasteiger partial charge on any atom is -0.481 e. The van der Waals surface area contributed by atoms with Crippen molar-refractivity contribution in [3.63, 3.8) is 0 Å². The Balaban J connectivity index is -0.000000361. The molecule has 0 unspecified atom stereocenters. The predicted octanol–water partition coefficient (Wildman–Crippen LogP) is 3.60. The summed E-state index contributed by atoms with van der Waals surface area (Å²) < 4.78 is 10.7. The molecule has 16 heteroatoms. The van der Waals surface area contributed by atoms with Gasteiger partial charge in [-0.25, -0.2) is 0 Å². The zero-order chi connectivity index (χ0) is 43.6. The van der Waals surface area contributed by atoms with Crippen molar-refractivity contribution in [2.75, 3.05) is 79.3 Å². The standard InChI is InChI=1S/C15H32O10.C10H20O2.C8H16O2.C7H14O2/c16-1-13(2-17,3-18)9-24-11-15(7-22,8-23)12-25-10-14(4-19,5-20)6-21;1-2-3-4-5-6-7-8-9-10(11)12;1-2-3-4-5-6-7-8(9)10;1-2-3-4-5-6-7(8)9/h16-23H,1-12H2;2-9H2,1H3,(H,11,12);2-7H2,1H3,(H,9,10);2-6H2,1H3,(H,8,9). The molecule has 0 spiro atoms. The Morgan fingerprint density at radius 3 is 0.750 bits per heavy atom. The summed E-state index contributed by atoms with van der Waals surface area (Å²) in [7, 11) is 0. The van der Waals surface area contributed by atoms with Crippen LogP contribution in [0.2, 0.25) is 0 Å². The Morgan fingerprint density at radius 1 is 0.339 bits per heavy atom. The SMILES string of the molecule is CCCCCCC(=O)O.CCCCCCCC(=O)O.CCCCCCCCCC(=O)O.OCC(CO)(CO)COCC(CO)(CO)COCC(CO)(CO)CO. The molecule has 0 aromatic rings. The molecule has 0 heterocycles. The second kappa shape index (κ2) is 42.6. The molecule has 0 saturated heterocycles. The summed E-state index contributed by atoms with van der Waals surface area (Å²) >= 11 is 0. The van der Waals surface area contributed by atoms with Crippen LogP contribution in [0.4, 0.5) is 0 Å². The summed E-state index contributed by atoms with van der Waals surface area (Å²) in [6, 6.07) is 0. The van der Waals surface area contributed by atoms with Gasteiger partial charge in [-0.05, 0) is 19.3 Å². The van der Waals surface area contributed by atoms with E-state index in [1.54, 1.807) is 0 Å². The highest BCUT2D eigenvalue weighted by Gasteiger charge is 2.35. The van der Waals surface area contributed by atoms with Crippen LogP contribution >= 0.6 is 0 Å². The van der Waals surface area contributed by atoms with Crippen molar-refractivity contribution in [2.24, 2.45) is 16.2 Å². The number of carboxylic acid groups (broad SMARTS) is 3. The smallest absolute Gasteiger partial charge is 0.303 e. The fourth-order valence-electron chi connectivity index (χ4n) is 4.63. The second-order valence-electron chi connectivity index (χ2n) is 14.8. The highest BCUT2D eigenvalue weighted by atomic mass is 16.5. The van der Waals surface area contributed by atoms with Gasteiger partial charge in [-0.1, -0.05) is 104 Å². The molecule has 0 aliphatic rings. The first-order chi connectivity index (χ1) is 26.7. The lowest BCUT2D eigenvalue weighted by Gasteiger charge is -2.34. The number of carboxylic acids is 3. The Labute approximate surface area is 335 Å². The summed E-state index contributed by atoms with van der Waals surface area (Å²) in [5.41, 5.74) is -3.69. The zero-order valence-corrected chi connectivity index (χ0v) is 34.9. The molecule has 0 aliphatic carbocycles. The van der Waals surface area contributed by atoms with E-state index in [2.05, 4.69) is 20.8 Å². The van der Waals surface area contributed by atoms with Gasteiger partial charge in [-0.2, -0.15) is 0 Å². The Hall–Kier alpha value is -1.99. The van der Waals surface area contributed by atoms with E-state index in [9.17, 15) is 55.2 Å². The monoisotopic (exact) mass is 819 g/mol. The molecule has 0 fully saturated rings. The summed E-state index contributed by atoms with van der Waals surface area (Å²) in [5, 5.41) is 99.4. The van der Waals surface area contributed by atoms with Gasteiger partial charge in [0.2, 0.25) is 0 Å². The van der Waals surface area contributed by atoms with Gasteiger partial charge in [-0.3, -0.25) is 14.4 Å². The van der Waals surface area contributed by atoms with Crippen molar-refractivity contribution in [2.45, 2.75) is 143 Å². The molecule has 56 heavy (non-hydrogen) atoms. The summed E-state index contributed by atoms with van der Waals surface area (Å²) in [4.78, 5) is 30.1. The second-order valence-corrected chi connectivity index (χ2v) is 14.8. The first-order valence-corrected chi connectivity index (χ1v) is 20.4. The molecule has 0 bridgehead atoms. The van der Waals surface area contributed by atoms with Crippen LogP contribution in [0.1, 0.15) is 143 Å². The lowest BCUT2D eigenvalue weighted by Crippen LogP contribution is -2.45. The van der Waals surface area contributed by atoms with Crippen molar-refractivity contribution in [3.8, 4) is 0 Å². The summed E-state index contributed by atoms with van der Waals surface area (Å²) in [5.74, 6) is -2.01. The van der Waals surface area contributed by atoms with Crippen LogP contribution < -0.4 is 0 Å². The van der Waals surface area contributed by atoms with Crippen molar-refractivity contribution >= 4 is 17.9 Å².